The van der Waals surface area contributed by atoms with Crippen LogP contribution in [0.3, 0.4) is 0 Å². The van der Waals surface area contributed by atoms with Crippen LogP contribution in [0.5, 0.6) is 0 Å². The van der Waals surface area contributed by atoms with Crippen molar-refractivity contribution in [1.82, 2.24) is 19.7 Å². The van der Waals surface area contributed by atoms with Crippen molar-refractivity contribution in [3.8, 4) is 0 Å². The normalized spacial score (nSPS) is 18.9. The van der Waals surface area contributed by atoms with E-state index in [0.29, 0.717) is 35.4 Å². The SMILES string of the molecule is Cc1nnc([C@]2(c3ccc(Cl)cc3)CCCN2C(=O)O)n1Cc1ccc(Cl)cc1. The number of carboxylic acid groups (broad SMARTS) is 1. The molecule has 0 spiro atoms. The largest absolute Gasteiger partial charge is 0.465 e. The Balaban J connectivity index is 1.87. The molecule has 4 rings (SSSR count). The zero-order valence-electron chi connectivity index (χ0n) is 15.8. The molecule has 2 heterocycles. The highest BCUT2D eigenvalue weighted by Crippen LogP contribution is 2.44. The van der Waals surface area contributed by atoms with Gasteiger partial charge in [0, 0.05) is 16.6 Å². The summed E-state index contributed by atoms with van der Waals surface area (Å²) in [6, 6.07) is 14.9. The van der Waals surface area contributed by atoms with Gasteiger partial charge in [0.25, 0.3) is 0 Å². The van der Waals surface area contributed by atoms with Crippen LogP contribution in [0, 0.1) is 6.92 Å². The van der Waals surface area contributed by atoms with Crippen LogP contribution in [0.15, 0.2) is 48.5 Å². The first-order chi connectivity index (χ1) is 13.9. The average molecular weight is 431 g/mol. The molecule has 3 aromatic rings. The smallest absolute Gasteiger partial charge is 0.408 e. The summed E-state index contributed by atoms with van der Waals surface area (Å²) in [5.74, 6) is 1.34. The molecule has 29 heavy (non-hydrogen) atoms. The number of rotatable bonds is 4. The number of hydrogen-bond donors (Lipinski definition) is 1. The van der Waals surface area contributed by atoms with Gasteiger partial charge in [-0.15, -0.1) is 10.2 Å². The average Bonchev–Trinajstić information content (AvgIpc) is 3.29. The van der Waals surface area contributed by atoms with E-state index in [1.807, 2.05) is 47.9 Å². The fourth-order valence-corrected chi connectivity index (χ4v) is 4.37. The molecule has 1 aliphatic heterocycles. The Hall–Kier alpha value is -2.57. The summed E-state index contributed by atoms with van der Waals surface area (Å²) in [4.78, 5) is 13.6. The zero-order chi connectivity index (χ0) is 20.6. The van der Waals surface area contributed by atoms with Crippen molar-refractivity contribution in [2.75, 3.05) is 6.54 Å². The molecule has 1 atom stereocenters. The highest BCUT2D eigenvalue weighted by Gasteiger charge is 2.50. The standard InChI is InChI=1S/C21H20Cl2N4O2/c1-14-24-25-19(26(14)13-15-3-7-17(22)8-4-15)21(11-2-12-27(21)20(28)29)16-5-9-18(23)10-6-16/h3-10H,2,11-13H2,1H3,(H,28,29)/t21-/m1/s1. The maximum Gasteiger partial charge on any atom is 0.408 e. The third-order valence-electron chi connectivity index (χ3n) is 5.49. The Labute approximate surface area is 178 Å². The molecule has 150 valence electrons. The van der Waals surface area contributed by atoms with Gasteiger partial charge in [0.15, 0.2) is 5.82 Å². The molecular formula is C21H20Cl2N4O2. The van der Waals surface area contributed by atoms with Crippen molar-refractivity contribution in [3.05, 3.63) is 81.4 Å². The van der Waals surface area contributed by atoms with Gasteiger partial charge in [-0.3, -0.25) is 4.90 Å². The second-order valence-corrected chi connectivity index (χ2v) is 8.06. The number of amides is 1. The molecule has 1 saturated heterocycles. The van der Waals surface area contributed by atoms with Crippen LogP contribution in [0.2, 0.25) is 10.0 Å². The molecule has 8 heteroatoms. The number of aryl methyl sites for hydroxylation is 1. The van der Waals surface area contributed by atoms with Crippen LogP contribution < -0.4 is 0 Å². The third kappa shape index (κ3) is 3.47. The second-order valence-electron chi connectivity index (χ2n) is 7.19. The third-order valence-corrected chi connectivity index (χ3v) is 6.00. The number of nitrogens with zero attached hydrogens (tertiary/aromatic N) is 4. The second kappa shape index (κ2) is 7.69. The minimum atomic E-state index is -0.976. The topological polar surface area (TPSA) is 71.2 Å². The van der Waals surface area contributed by atoms with E-state index in [9.17, 15) is 9.90 Å². The van der Waals surface area contributed by atoms with Crippen LogP contribution in [-0.4, -0.2) is 37.4 Å². The molecule has 1 N–H and O–H groups in total. The Morgan fingerprint density at radius 3 is 2.31 bits per heavy atom. The molecule has 0 radical (unpaired) electrons. The maximum atomic E-state index is 12.2. The van der Waals surface area contributed by atoms with E-state index in [2.05, 4.69) is 10.2 Å². The van der Waals surface area contributed by atoms with Crippen molar-refractivity contribution in [2.24, 2.45) is 0 Å². The molecule has 2 aromatic carbocycles. The van der Waals surface area contributed by atoms with Crippen molar-refractivity contribution < 1.29 is 9.90 Å². The highest BCUT2D eigenvalue weighted by molar-refractivity contribution is 6.30. The number of benzene rings is 2. The van der Waals surface area contributed by atoms with Gasteiger partial charge in [0.2, 0.25) is 0 Å². The minimum absolute atomic E-state index is 0.435. The van der Waals surface area contributed by atoms with E-state index in [-0.39, 0.29) is 0 Å². The number of aromatic nitrogens is 3. The lowest BCUT2D eigenvalue weighted by atomic mass is 9.86. The van der Waals surface area contributed by atoms with E-state index in [0.717, 1.165) is 23.4 Å². The lowest BCUT2D eigenvalue weighted by molar-refractivity contribution is 0.112. The number of carbonyl (C=O) groups is 1. The quantitative estimate of drug-likeness (QED) is 0.634. The molecule has 1 aromatic heterocycles. The predicted octanol–water partition coefficient (Wildman–Crippen LogP) is 4.96. The van der Waals surface area contributed by atoms with Gasteiger partial charge in [0.05, 0.1) is 6.54 Å². The van der Waals surface area contributed by atoms with E-state index < -0.39 is 11.6 Å². The molecule has 1 amide bonds. The van der Waals surface area contributed by atoms with Gasteiger partial charge in [-0.1, -0.05) is 47.5 Å². The van der Waals surface area contributed by atoms with Gasteiger partial charge in [0.1, 0.15) is 11.4 Å². The number of likely N-dealkylation sites (tertiary alicyclic amines) is 1. The van der Waals surface area contributed by atoms with Gasteiger partial charge >= 0.3 is 6.09 Å². The Bertz CT molecular complexity index is 1030. The summed E-state index contributed by atoms with van der Waals surface area (Å²) >= 11 is 12.1. The molecule has 6 nitrogen and oxygen atoms in total. The van der Waals surface area contributed by atoms with Crippen molar-refractivity contribution >= 4 is 29.3 Å². The Morgan fingerprint density at radius 2 is 1.69 bits per heavy atom. The van der Waals surface area contributed by atoms with Crippen LogP contribution in [0.1, 0.15) is 35.6 Å². The van der Waals surface area contributed by atoms with E-state index in [1.54, 1.807) is 12.1 Å². The monoisotopic (exact) mass is 430 g/mol. The summed E-state index contributed by atoms with van der Waals surface area (Å²) in [7, 11) is 0. The van der Waals surface area contributed by atoms with E-state index in [1.165, 1.54) is 4.90 Å². The van der Waals surface area contributed by atoms with Crippen LogP contribution >= 0.6 is 23.2 Å². The molecule has 1 fully saturated rings. The Kier molecular flexibility index (Phi) is 5.23. The summed E-state index contributed by atoms with van der Waals surface area (Å²) in [5, 5.41) is 20.0. The lowest BCUT2D eigenvalue weighted by Crippen LogP contribution is -2.47. The Morgan fingerprint density at radius 1 is 1.07 bits per heavy atom. The molecule has 0 saturated carbocycles. The zero-order valence-corrected chi connectivity index (χ0v) is 17.4. The van der Waals surface area contributed by atoms with E-state index in [4.69, 9.17) is 23.2 Å². The van der Waals surface area contributed by atoms with Gasteiger partial charge in [-0.25, -0.2) is 4.79 Å². The van der Waals surface area contributed by atoms with Crippen LogP contribution in [-0.2, 0) is 12.1 Å². The summed E-state index contributed by atoms with van der Waals surface area (Å²) in [5.41, 5.74) is 0.959. The summed E-state index contributed by atoms with van der Waals surface area (Å²) in [6.45, 7) is 2.83. The first-order valence-electron chi connectivity index (χ1n) is 9.33. The summed E-state index contributed by atoms with van der Waals surface area (Å²) < 4.78 is 1.99. The van der Waals surface area contributed by atoms with Gasteiger partial charge in [-0.2, -0.15) is 0 Å². The molecule has 0 bridgehead atoms. The number of hydrogen-bond acceptors (Lipinski definition) is 3. The molecule has 0 unspecified atom stereocenters. The highest BCUT2D eigenvalue weighted by atomic mass is 35.5. The van der Waals surface area contributed by atoms with Crippen LogP contribution in [0.4, 0.5) is 4.79 Å². The first kappa shape index (κ1) is 19.7. The molecular weight excluding hydrogens is 411 g/mol. The predicted molar refractivity (Wildman–Crippen MR) is 112 cm³/mol. The van der Waals surface area contributed by atoms with Crippen molar-refractivity contribution in [1.29, 1.82) is 0 Å². The van der Waals surface area contributed by atoms with Gasteiger partial charge < -0.3 is 9.67 Å². The molecule has 1 aliphatic rings. The minimum Gasteiger partial charge on any atom is -0.465 e. The van der Waals surface area contributed by atoms with Gasteiger partial charge in [-0.05, 0) is 55.2 Å². The lowest BCUT2D eigenvalue weighted by Gasteiger charge is -2.36. The molecule has 0 aliphatic carbocycles. The number of halogens is 2. The van der Waals surface area contributed by atoms with Crippen LogP contribution in [0.25, 0.3) is 0 Å². The summed E-state index contributed by atoms with van der Waals surface area (Å²) in [6.07, 6.45) is 0.387. The fraction of sp³-hybridized carbons (Fsp3) is 0.286. The van der Waals surface area contributed by atoms with Crippen molar-refractivity contribution in [2.45, 2.75) is 31.8 Å². The maximum absolute atomic E-state index is 12.2. The van der Waals surface area contributed by atoms with E-state index >= 15 is 0 Å². The van der Waals surface area contributed by atoms with Crippen molar-refractivity contribution in [3.63, 3.8) is 0 Å². The first-order valence-corrected chi connectivity index (χ1v) is 10.1. The fourth-order valence-electron chi connectivity index (χ4n) is 4.11.